The van der Waals surface area contributed by atoms with Crippen LogP contribution >= 0.6 is 0 Å². The van der Waals surface area contributed by atoms with E-state index in [1.165, 1.54) is 17.9 Å². The largest absolute Gasteiger partial charge is 0.456 e. The number of para-hydroxylation sites is 1. The fourth-order valence-electron chi connectivity index (χ4n) is 4.37. The summed E-state index contributed by atoms with van der Waals surface area (Å²) in [7, 11) is 0. The monoisotopic (exact) mass is 444 g/mol. The molecule has 2 heterocycles. The molecule has 1 aromatic heterocycles. The Kier molecular flexibility index (Phi) is 5.95. The van der Waals surface area contributed by atoms with Gasteiger partial charge in [0, 0.05) is 37.6 Å². The lowest BCUT2D eigenvalue weighted by molar-refractivity contribution is -0.150. The Morgan fingerprint density at radius 1 is 1.00 bits per heavy atom. The summed E-state index contributed by atoms with van der Waals surface area (Å²) >= 11 is 0. The number of hydrogen-bond acceptors (Lipinski definition) is 3. The van der Waals surface area contributed by atoms with Crippen molar-refractivity contribution in [2.24, 2.45) is 0 Å². The Labute approximate surface area is 183 Å². The van der Waals surface area contributed by atoms with E-state index in [1.54, 1.807) is 16.7 Å². The molecule has 0 atom stereocenters. The van der Waals surface area contributed by atoms with Crippen molar-refractivity contribution >= 4 is 22.8 Å². The quantitative estimate of drug-likeness (QED) is 0.550. The lowest BCUT2D eigenvalue weighted by Crippen LogP contribution is -2.35. The molecule has 0 spiro atoms. The van der Waals surface area contributed by atoms with E-state index in [-0.39, 0.29) is 49.6 Å². The van der Waals surface area contributed by atoms with Gasteiger partial charge in [0.1, 0.15) is 0 Å². The van der Waals surface area contributed by atoms with E-state index in [4.69, 9.17) is 4.74 Å². The highest BCUT2D eigenvalue weighted by molar-refractivity contribution is 5.90. The first-order chi connectivity index (χ1) is 15.3. The summed E-state index contributed by atoms with van der Waals surface area (Å²) in [5.74, 6) is -0.926. The number of alkyl halides is 3. The number of nitrogens with zero attached hydrogens (tertiary/aromatic N) is 2. The van der Waals surface area contributed by atoms with Crippen LogP contribution in [0.25, 0.3) is 10.9 Å². The Morgan fingerprint density at radius 3 is 2.44 bits per heavy atom. The lowest BCUT2D eigenvalue weighted by Gasteiger charge is -2.21. The molecule has 0 radical (unpaired) electrons. The summed E-state index contributed by atoms with van der Waals surface area (Å²) in [5.41, 5.74) is 1.77. The van der Waals surface area contributed by atoms with Crippen LogP contribution in [-0.4, -0.2) is 34.5 Å². The predicted octanol–water partition coefficient (Wildman–Crippen LogP) is 4.35. The van der Waals surface area contributed by atoms with Crippen molar-refractivity contribution < 1.29 is 27.5 Å². The highest BCUT2D eigenvalue weighted by atomic mass is 19.4. The summed E-state index contributed by atoms with van der Waals surface area (Å²) in [5, 5.41) is 0.160. The first-order valence-corrected chi connectivity index (χ1v) is 10.4. The molecule has 8 heteroatoms. The molecule has 0 unspecified atom stereocenters. The van der Waals surface area contributed by atoms with E-state index in [0.29, 0.717) is 17.5 Å². The molecule has 3 aromatic rings. The molecule has 2 aromatic carbocycles. The van der Waals surface area contributed by atoms with E-state index < -0.39 is 17.7 Å². The number of aromatic nitrogens is 1. The van der Waals surface area contributed by atoms with Crippen LogP contribution < -0.4 is 0 Å². The van der Waals surface area contributed by atoms with E-state index >= 15 is 0 Å². The van der Waals surface area contributed by atoms with Crippen LogP contribution in [0, 0.1) is 0 Å². The zero-order valence-corrected chi connectivity index (χ0v) is 17.6. The van der Waals surface area contributed by atoms with Gasteiger partial charge in [0.15, 0.2) is 6.61 Å². The van der Waals surface area contributed by atoms with Crippen molar-refractivity contribution in [1.29, 1.82) is 0 Å². The fourth-order valence-corrected chi connectivity index (χ4v) is 4.37. The average Bonchev–Trinajstić information content (AvgIpc) is 2.94. The Morgan fingerprint density at radius 2 is 1.75 bits per heavy atom. The SMILES string of the molecule is CC(=O)OCC(=O)N1CCn2c(CCc3ccccc3)c(C(F)(F)F)c3cccc(c32)C1. The van der Waals surface area contributed by atoms with Gasteiger partial charge in [0.25, 0.3) is 5.91 Å². The van der Waals surface area contributed by atoms with E-state index in [9.17, 15) is 22.8 Å². The topological polar surface area (TPSA) is 51.5 Å². The van der Waals surface area contributed by atoms with Crippen molar-refractivity contribution in [3.63, 3.8) is 0 Å². The summed E-state index contributed by atoms with van der Waals surface area (Å²) < 4.78 is 49.0. The molecule has 168 valence electrons. The van der Waals surface area contributed by atoms with Crippen molar-refractivity contribution in [3.8, 4) is 0 Å². The van der Waals surface area contributed by atoms with Gasteiger partial charge in [-0.2, -0.15) is 13.2 Å². The van der Waals surface area contributed by atoms with Gasteiger partial charge in [-0.1, -0.05) is 48.5 Å². The van der Waals surface area contributed by atoms with Crippen molar-refractivity contribution in [2.75, 3.05) is 13.2 Å². The van der Waals surface area contributed by atoms with Crippen LogP contribution in [-0.2, 0) is 46.4 Å². The molecule has 0 fully saturated rings. The van der Waals surface area contributed by atoms with Gasteiger partial charge in [-0.05, 0) is 24.0 Å². The molecule has 0 saturated carbocycles. The molecule has 0 saturated heterocycles. The zero-order chi connectivity index (χ0) is 22.9. The first-order valence-electron chi connectivity index (χ1n) is 10.4. The standard InChI is InChI=1S/C24H23F3N2O3/c1-16(30)32-15-21(31)28-12-13-29-20(11-10-17-6-3-2-4-7-17)22(24(25,26)27)19-9-5-8-18(14-28)23(19)29/h2-9H,10-15H2,1H3. The van der Waals surface area contributed by atoms with Gasteiger partial charge in [-0.3, -0.25) is 9.59 Å². The number of hydrogen-bond donors (Lipinski definition) is 0. The third-order valence-corrected chi connectivity index (χ3v) is 5.76. The Hall–Kier alpha value is -3.29. The van der Waals surface area contributed by atoms with E-state index in [2.05, 4.69) is 0 Å². The van der Waals surface area contributed by atoms with Crippen LogP contribution in [0.4, 0.5) is 13.2 Å². The first kappa shape index (κ1) is 21.9. The fraction of sp³-hybridized carbons (Fsp3) is 0.333. The molecule has 1 amide bonds. The molecule has 1 aliphatic rings. The number of rotatable bonds is 5. The number of aryl methyl sites for hydroxylation is 1. The maximum absolute atomic E-state index is 14.2. The minimum atomic E-state index is -4.49. The number of benzene rings is 2. The van der Waals surface area contributed by atoms with Crippen LogP contribution in [0.15, 0.2) is 48.5 Å². The summed E-state index contributed by atoms with van der Waals surface area (Å²) in [6.45, 7) is 1.47. The summed E-state index contributed by atoms with van der Waals surface area (Å²) in [4.78, 5) is 25.1. The van der Waals surface area contributed by atoms with Crippen LogP contribution in [0.2, 0.25) is 0 Å². The summed E-state index contributed by atoms with van der Waals surface area (Å²) in [6, 6.07) is 14.3. The molecule has 0 N–H and O–H groups in total. The number of amides is 1. The predicted molar refractivity (Wildman–Crippen MR) is 113 cm³/mol. The second-order valence-electron chi connectivity index (χ2n) is 7.87. The molecular formula is C24H23F3N2O3. The molecule has 0 aliphatic carbocycles. The third-order valence-electron chi connectivity index (χ3n) is 5.76. The van der Waals surface area contributed by atoms with E-state index in [0.717, 1.165) is 5.56 Å². The summed E-state index contributed by atoms with van der Waals surface area (Å²) in [6.07, 6.45) is -3.78. The lowest BCUT2D eigenvalue weighted by atomic mass is 10.0. The van der Waals surface area contributed by atoms with Crippen molar-refractivity contribution in [3.05, 3.63) is 70.9 Å². The Balaban J connectivity index is 1.74. The van der Waals surface area contributed by atoms with E-state index in [1.807, 2.05) is 30.3 Å². The van der Waals surface area contributed by atoms with Gasteiger partial charge in [-0.15, -0.1) is 0 Å². The third kappa shape index (κ3) is 4.35. The number of carbonyl (C=O) groups is 2. The van der Waals surface area contributed by atoms with Crippen LogP contribution in [0.1, 0.15) is 29.3 Å². The smallest absolute Gasteiger partial charge is 0.418 e. The molecule has 1 aliphatic heterocycles. The second kappa shape index (κ2) is 8.68. The van der Waals surface area contributed by atoms with Gasteiger partial charge in [-0.25, -0.2) is 0 Å². The number of ether oxygens (including phenoxy) is 1. The minimum absolute atomic E-state index is 0.160. The van der Waals surface area contributed by atoms with Gasteiger partial charge in [0.05, 0.1) is 11.1 Å². The second-order valence-corrected chi connectivity index (χ2v) is 7.87. The number of carbonyl (C=O) groups excluding carboxylic acids is 2. The van der Waals surface area contributed by atoms with Gasteiger partial charge < -0.3 is 14.2 Å². The number of esters is 1. The molecule has 0 bridgehead atoms. The average molecular weight is 444 g/mol. The van der Waals surface area contributed by atoms with Crippen molar-refractivity contribution in [2.45, 2.75) is 39.0 Å². The van der Waals surface area contributed by atoms with Crippen LogP contribution in [0.3, 0.4) is 0 Å². The molecule has 4 rings (SSSR count). The maximum Gasteiger partial charge on any atom is 0.418 e. The Bertz CT molecular complexity index is 1150. The normalized spacial score (nSPS) is 13.8. The minimum Gasteiger partial charge on any atom is -0.456 e. The maximum atomic E-state index is 14.2. The molecular weight excluding hydrogens is 421 g/mol. The number of halogens is 3. The van der Waals surface area contributed by atoms with Gasteiger partial charge in [0.2, 0.25) is 0 Å². The zero-order valence-electron chi connectivity index (χ0n) is 17.6. The van der Waals surface area contributed by atoms with Crippen LogP contribution in [0.5, 0.6) is 0 Å². The van der Waals surface area contributed by atoms with Gasteiger partial charge >= 0.3 is 12.1 Å². The van der Waals surface area contributed by atoms with Crippen molar-refractivity contribution in [1.82, 2.24) is 9.47 Å². The molecule has 32 heavy (non-hydrogen) atoms. The highest BCUT2D eigenvalue weighted by Crippen LogP contribution is 2.41. The highest BCUT2D eigenvalue weighted by Gasteiger charge is 2.39. The molecule has 5 nitrogen and oxygen atoms in total.